The Labute approximate surface area is 79.9 Å². The van der Waals surface area contributed by atoms with Crippen molar-refractivity contribution in [3.8, 4) is 0 Å². The predicted octanol–water partition coefficient (Wildman–Crippen LogP) is 0.180. The van der Waals surface area contributed by atoms with Gasteiger partial charge in [0.2, 0.25) is 0 Å². The lowest BCUT2D eigenvalue weighted by atomic mass is 9.82. The second kappa shape index (κ2) is 3.23. The molecule has 2 rings (SSSR count). The monoisotopic (exact) mass is 184 g/mol. The van der Waals surface area contributed by atoms with Crippen molar-refractivity contribution in [2.24, 2.45) is 11.7 Å². The summed E-state index contributed by atoms with van der Waals surface area (Å²) < 4.78 is 0. The number of nitrogens with two attached hydrogens (primary N) is 1. The average Bonchev–Trinajstić information content (AvgIpc) is 2.92. The standard InChI is InChI=1S/C10H20N2O/c1-12-6-4-10(13,5-7-12)9(11)8-2-3-8/h8-9,13H,2-7,11H2,1H3. The molecule has 1 saturated carbocycles. The van der Waals surface area contributed by atoms with Crippen molar-refractivity contribution < 1.29 is 5.11 Å². The highest BCUT2D eigenvalue weighted by atomic mass is 16.3. The average molecular weight is 184 g/mol. The summed E-state index contributed by atoms with van der Waals surface area (Å²) in [5, 5.41) is 10.3. The van der Waals surface area contributed by atoms with Crippen LogP contribution in [-0.4, -0.2) is 41.8 Å². The normalized spacial score (nSPS) is 31.6. The molecule has 0 aromatic carbocycles. The van der Waals surface area contributed by atoms with Gasteiger partial charge in [-0.05, 0) is 38.6 Å². The first-order chi connectivity index (χ1) is 6.12. The van der Waals surface area contributed by atoms with Crippen molar-refractivity contribution in [2.75, 3.05) is 20.1 Å². The van der Waals surface area contributed by atoms with Crippen LogP contribution in [0.25, 0.3) is 0 Å². The molecule has 0 radical (unpaired) electrons. The molecule has 3 heteroatoms. The lowest BCUT2D eigenvalue weighted by molar-refractivity contribution is -0.0413. The maximum Gasteiger partial charge on any atom is 0.0824 e. The van der Waals surface area contributed by atoms with Crippen LogP contribution in [0.5, 0.6) is 0 Å². The van der Waals surface area contributed by atoms with E-state index in [1.165, 1.54) is 12.8 Å². The molecule has 0 spiro atoms. The van der Waals surface area contributed by atoms with Crippen LogP contribution in [0.4, 0.5) is 0 Å². The van der Waals surface area contributed by atoms with Gasteiger partial charge in [0.05, 0.1) is 5.60 Å². The maximum absolute atomic E-state index is 10.3. The van der Waals surface area contributed by atoms with E-state index in [-0.39, 0.29) is 6.04 Å². The van der Waals surface area contributed by atoms with Gasteiger partial charge >= 0.3 is 0 Å². The van der Waals surface area contributed by atoms with Crippen LogP contribution in [0.3, 0.4) is 0 Å². The third-order valence-corrected chi connectivity index (χ3v) is 3.60. The Morgan fingerprint density at radius 2 is 1.92 bits per heavy atom. The summed E-state index contributed by atoms with van der Waals surface area (Å²) in [5.41, 5.74) is 5.50. The Balaban J connectivity index is 1.94. The molecule has 2 fully saturated rings. The molecular formula is C10H20N2O. The minimum Gasteiger partial charge on any atom is -0.388 e. The molecule has 1 atom stereocenters. The molecular weight excluding hydrogens is 164 g/mol. The molecule has 1 aliphatic carbocycles. The number of likely N-dealkylation sites (tertiary alicyclic amines) is 1. The Kier molecular flexibility index (Phi) is 2.34. The Hall–Kier alpha value is -0.120. The molecule has 76 valence electrons. The van der Waals surface area contributed by atoms with E-state index in [0.717, 1.165) is 25.9 Å². The van der Waals surface area contributed by atoms with Crippen LogP contribution in [-0.2, 0) is 0 Å². The SMILES string of the molecule is CN1CCC(O)(C(N)C2CC2)CC1. The topological polar surface area (TPSA) is 49.5 Å². The summed E-state index contributed by atoms with van der Waals surface area (Å²) in [6.07, 6.45) is 4.14. The Morgan fingerprint density at radius 1 is 1.38 bits per heavy atom. The van der Waals surface area contributed by atoms with E-state index >= 15 is 0 Å². The molecule has 3 nitrogen and oxygen atoms in total. The van der Waals surface area contributed by atoms with Gasteiger partial charge in [-0.2, -0.15) is 0 Å². The van der Waals surface area contributed by atoms with Gasteiger partial charge in [0.25, 0.3) is 0 Å². The fourth-order valence-corrected chi connectivity index (χ4v) is 2.23. The third-order valence-electron chi connectivity index (χ3n) is 3.60. The van der Waals surface area contributed by atoms with Gasteiger partial charge in [-0.15, -0.1) is 0 Å². The highest BCUT2D eigenvalue weighted by molar-refractivity contribution is 5.00. The number of hydrogen-bond donors (Lipinski definition) is 2. The maximum atomic E-state index is 10.3. The molecule has 3 N–H and O–H groups in total. The summed E-state index contributed by atoms with van der Waals surface area (Å²) in [5.74, 6) is 0.605. The number of rotatable bonds is 2. The van der Waals surface area contributed by atoms with E-state index in [1.807, 2.05) is 0 Å². The molecule has 1 aliphatic heterocycles. The minimum atomic E-state index is -0.562. The first-order valence-corrected chi connectivity index (χ1v) is 5.28. The molecule has 1 unspecified atom stereocenters. The second-order valence-corrected chi connectivity index (χ2v) is 4.77. The van der Waals surface area contributed by atoms with Crippen molar-refractivity contribution in [1.82, 2.24) is 4.90 Å². The molecule has 13 heavy (non-hydrogen) atoms. The summed E-state index contributed by atoms with van der Waals surface area (Å²) in [6, 6.07) is 0.0289. The zero-order chi connectivity index (χ0) is 9.47. The van der Waals surface area contributed by atoms with Crippen LogP contribution in [0, 0.1) is 5.92 Å². The van der Waals surface area contributed by atoms with E-state index in [9.17, 15) is 5.11 Å². The zero-order valence-electron chi connectivity index (χ0n) is 8.37. The van der Waals surface area contributed by atoms with E-state index in [0.29, 0.717) is 5.92 Å². The molecule has 1 saturated heterocycles. The van der Waals surface area contributed by atoms with Gasteiger partial charge in [0.1, 0.15) is 0 Å². The molecule has 0 amide bonds. The number of aliphatic hydroxyl groups is 1. The lowest BCUT2D eigenvalue weighted by Gasteiger charge is -2.40. The van der Waals surface area contributed by atoms with Gasteiger partial charge in [0.15, 0.2) is 0 Å². The predicted molar refractivity (Wildman–Crippen MR) is 52.4 cm³/mol. The van der Waals surface area contributed by atoms with Gasteiger partial charge in [-0.3, -0.25) is 0 Å². The Morgan fingerprint density at radius 3 is 2.38 bits per heavy atom. The second-order valence-electron chi connectivity index (χ2n) is 4.77. The van der Waals surface area contributed by atoms with Crippen LogP contribution in [0.1, 0.15) is 25.7 Å². The molecule has 0 aromatic rings. The summed E-state index contributed by atoms with van der Waals surface area (Å²) in [4.78, 5) is 2.26. The fourth-order valence-electron chi connectivity index (χ4n) is 2.23. The first-order valence-electron chi connectivity index (χ1n) is 5.28. The van der Waals surface area contributed by atoms with Crippen LogP contribution >= 0.6 is 0 Å². The van der Waals surface area contributed by atoms with Crippen molar-refractivity contribution in [2.45, 2.75) is 37.3 Å². The molecule has 0 bridgehead atoms. The summed E-state index contributed by atoms with van der Waals surface area (Å²) in [7, 11) is 2.10. The van der Waals surface area contributed by atoms with E-state index in [4.69, 9.17) is 5.73 Å². The minimum absolute atomic E-state index is 0.0289. The van der Waals surface area contributed by atoms with Crippen LogP contribution in [0.15, 0.2) is 0 Å². The first kappa shape index (κ1) is 9.44. The number of hydrogen-bond acceptors (Lipinski definition) is 3. The largest absolute Gasteiger partial charge is 0.388 e. The fraction of sp³-hybridized carbons (Fsp3) is 1.00. The molecule has 1 heterocycles. The summed E-state index contributed by atoms with van der Waals surface area (Å²) >= 11 is 0. The Bertz CT molecular complexity index is 183. The van der Waals surface area contributed by atoms with Gasteiger partial charge in [-0.25, -0.2) is 0 Å². The third kappa shape index (κ3) is 1.87. The van der Waals surface area contributed by atoms with Crippen LogP contribution in [0.2, 0.25) is 0 Å². The van der Waals surface area contributed by atoms with Gasteiger partial charge < -0.3 is 15.7 Å². The zero-order valence-corrected chi connectivity index (χ0v) is 8.37. The van der Waals surface area contributed by atoms with Gasteiger partial charge in [0, 0.05) is 19.1 Å². The van der Waals surface area contributed by atoms with E-state index < -0.39 is 5.60 Å². The van der Waals surface area contributed by atoms with Crippen molar-refractivity contribution in [3.05, 3.63) is 0 Å². The quantitative estimate of drug-likeness (QED) is 0.643. The van der Waals surface area contributed by atoms with Crippen LogP contribution < -0.4 is 5.73 Å². The van der Waals surface area contributed by atoms with Crippen molar-refractivity contribution in [1.29, 1.82) is 0 Å². The molecule has 0 aromatic heterocycles. The summed E-state index contributed by atoms with van der Waals surface area (Å²) in [6.45, 7) is 1.97. The number of piperidine rings is 1. The van der Waals surface area contributed by atoms with Gasteiger partial charge in [-0.1, -0.05) is 0 Å². The van der Waals surface area contributed by atoms with E-state index in [2.05, 4.69) is 11.9 Å². The van der Waals surface area contributed by atoms with Crippen molar-refractivity contribution >= 4 is 0 Å². The number of nitrogens with zero attached hydrogens (tertiary/aromatic N) is 1. The highest BCUT2D eigenvalue weighted by Crippen LogP contribution is 2.39. The highest BCUT2D eigenvalue weighted by Gasteiger charge is 2.44. The lowest BCUT2D eigenvalue weighted by Crippen LogP contribution is -2.55. The van der Waals surface area contributed by atoms with E-state index in [1.54, 1.807) is 0 Å². The smallest absolute Gasteiger partial charge is 0.0824 e. The van der Waals surface area contributed by atoms with Crippen molar-refractivity contribution in [3.63, 3.8) is 0 Å². The molecule has 2 aliphatic rings.